The fraction of sp³-hybridized carbons (Fsp3) is 0.611. The van der Waals surface area contributed by atoms with Gasteiger partial charge in [-0.15, -0.1) is 0 Å². The van der Waals surface area contributed by atoms with Crippen molar-refractivity contribution in [2.45, 2.75) is 59.3 Å². The van der Waals surface area contributed by atoms with Crippen LogP contribution in [0.1, 0.15) is 59.3 Å². The average Bonchev–Trinajstić information content (AvgIpc) is 3.04. The molecule has 156 valence electrons. The zero-order chi connectivity index (χ0) is 21.2. The average molecular weight is 414 g/mol. The first kappa shape index (κ1) is 21.9. The first-order chi connectivity index (χ1) is 12.9. The Labute approximate surface area is 164 Å². The van der Waals surface area contributed by atoms with E-state index < -0.39 is 39.8 Å². The van der Waals surface area contributed by atoms with Crippen LogP contribution in [0, 0.1) is 13.8 Å². The number of rotatable bonds is 6. The number of aromatic amines is 1. The summed E-state index contributed by atoms with van der Waals surface area (Å²) < 4.78 is 33.3. The van der Waals surface area contributed by atoms with Crippen LogP contribution >= 0.6 is 0 Å². The van der Waals surface area contributed by atoms with Gasteiger partial charge >= 0.3 is 11.9 Å². The Morgan fingerprint density at radius 3 is 2.29 bits per heavy atom. The summed E-state index contributed by atoms with van der Waals surface area (Å²) in [5, 5.41) is 2.58. The van der Waals surface area contributed by atoms with Gasteiger partial charge in [0.15, 0.2) is 15.9 Å². The van der Waals surface area contributed by atoms with Gasteiger partial charge in [-0.3, -0.25) is 4.79 Å². The van der Waals surface area contributed by atoms with Crippen LogP contribution in [-0.2, 0) is 24.1 Å². The molecule has 1 amide bonds. The van der Waals surface area contributed by atoms with Gasteiger partial charge in [-0.25, -0.2) is 18.0 Å². The summed E-state index contributed by atoms with van der Waals surface area (Å²) in [5.74, 6) is -1.99. The standard InChI is InChI=1S/C18H26N2O7S/c1-9(2)26-17(22)14-10(3)15(19-11(14)4)18(23)27-12(5)16(21)20-13-6-7-28(24,25)8-13/h9,12-13,19H,6-8H2,1-5H3,(H,20,21)/t12-,13-/m1/s1. The molecule has 0 unspecified atom stereocenters. The lowest BCUT2D eigenvalue weighted by Crippen LogP contribution is -2.42. The van der Waals surface area contributed by atoms with E-state index in [0.29, 0.717) is 17.7 Å². The lowest BCUT2D eigenvalue weighted by atomic mass is 10.1. The van der Waals surface area contributed by atoms with Crippen molar-refractivity contribution in [3.05, 3.63) is 22.5 Å². The van der Waals surface area contributed by atoms with E-state index >= 15 is 0 Å². The maximum Gasteiger partial charge on any atom is 0.355 e. The van der Waals surface area contributed by atoms with Crippen molar-refractivity contribution in [1.82, 2.24) is 10.3 Å². The number of aryl methyl sites for hydroxylation is 1. The lowest BCUT2D eigenvalue weighted by Gasteiger charge is -2.16. The number of sulfone groups is 1. The molecule has 1 saturated heterocycles. The number of esters is 2. The minimum Gasteiger partial charge on any atom is -0.459 e. The maximum atomic E-state index is 12.4. The third kappa shape index (κ3) is 5.12. The highest BCUT2D eigenvalue weighted by atomic mass is 32.2. The summed E-state index contributed by atoms with van der Waals surface area (Å²) in [7, 11) is -3.13. The second kappa shape index (κ2) is 8.34. The van der Waals surface area contributed by atoms with Gasteiger partial charge in [0.05, 0.1) is 23.2 Å². The van der Waals surface area contributed by atoms with E-state index in [9.17, 15) is 22.8 Å². The molecule has 1 aliphatic heterocycles. The smallest absolute Gasteiger partial charge is 0.355 e. The number of carbonyl (C=O) groups excluding carboxylic acids is 3. The Morgan fingerprint density at radius 2 is 1.75 bits per heavy atom. The number of hydrogen-bond acceptors (Lipinski definition) is 7. The first-order valence-corrected chi connectivity index (χ1v) is 10.8. The van der Waals surface area contributed by atoms with Crippen molar-refractivity contribution < 1.29 is 32.3 Å². The monoisotopic (exact) mass is 414 g/mol. The van der Waals surface area contributed by atoms with Crippen molar-refractivity contribution in [3.8, 4) is 0 Å². The van der Waals surface area contributed by atoms with E-state index in [1.54, 1.807) is 27.7 Å². The molecule has 1 aliphatic rings. The molecule has 9 nitrogen and oxygen atoms in total. The van der Waals surface area contributed by atoms with Crippen LogP contribution in [0.4, 0.5) is 0 Å². The molecule has 1 aromatic rings. The largest absolute Gasteiger partial charge is 0.459 e. The van der Waals surface area contributed by atoms with E-state index in [-0.39, 0.29) is 28.9 Å². The molecule has 1 fully saturated rings. The molecule has 10 heteroatoms. The van der Waals surface area contributed by atoms with E-state index in [4.69, 9.17) is 9.47 Å². The zero-order valence-electron chi connectivity index (χ0n) is 16.6. The molecular formula is C18H26N2O7S. The van der Waals surface area contributed by atoms with Gasteiger partial charge in [0.2, 0.25) is 0 Å². The topological polar surface area (TPSA) is 132 Å². The number of nitrogens with one attached hydrogen (secondary N) is 2. The van der Waals surface area contributed by atoms with Crippen molar-refractivity contribution in [2.75, 3.05) is 11.5 Å². The fourth-order valence-electron chi connectivity index (χ4n) is 3.03. The third-order valence-corrected chi connectivity index (χ3v) is 6.19. The zero-order valence-corrected chi connectivity index (χ0v) is 17.4. The normalized spacial score (nSPS) is 19.3. The Morgan fingerprint density at radius 1 is 1.11 bits per heavy atom. The quantitative estimate of drug-likeness (QED) is 0.665. The molecular weight excluding hydrogens is 388 g/mol. The lowest BCUT2D eigenvalue weighted by molar-refractivity contribution is -0.129. The molecule has 2 N–H and O–H groups in total. The molecule has 28 heavy (non-hydrogen) atoms. The molecule has 0 saturated carbocycles. The van der Waals surface area contributed by atoms with E-state index in [2.05, 4.69) is 10.3 Å². The molecule has 2 atom stereocenters. The number of amides is 1. The Balaban J connectivity index is 2.04. The highest BCUT2D eigenvalue weighted by molar-refractivity contribution is 7.91. The van der Waals surface area contributed by atoms with E-state index in [0.717, 1.165) is 0 Å². The Kier molecular flexibility index (Phi) is 6.53. The second-order valence-corrected chi connectivity index (χ2v) is 9.46. The highest BCUT2D eigenvalue weighted by Crippen LogP contribution is 2.21. The summed E-state index contributed by atoms with van der Waals surface area (Å²) in [6.45, 7) is 8.07. The van der Waals surface area contributed by atoms with Crippen molar-refractivity contribution in [2.24, 2.45) is 0 Å². The van der Waals surface area contributed by atoms with Crippen LogP contribution in [0.3, 0.4) is 0 Å². The number of hydrogen-bond donors (Lipinski definition) is 2. The summed E-state index contributed by atoms with van der Waals surface area (Å²) in [6.07, 6.45) is -1.09. The number of carbonyl (C=O) groups is 3. The van der Waals surface area contributed by atoms with E-state index in [1.807, 2.05) is 0 Å². The summed E-state index contributed by atoms with van der Waals surface area (Å²) >= 11 is 0. The van der Waals surface area contributed by atoms with E-state index in [1.165, 1.54) is 6.92 Å². The predicted molar refractivity (Wildman–Crippen MR) is 101 cm³/mol. The van der Waals surface area contributed by atoms with Gasteiger partial charge in [-0.2, -0.15) is 0 Å². The summed E-state index contributed by atoms with van der Waals surface area (Å²) in [6, 6.07) is -0.481. The van der Waals surface area contributed by atoms with Crippen LogP contribution in [0.15, 0.2) is 0 Å². The van der Waals surface area contributed by atoms with Gasteiger partial charge in [0.25, 0.3) is 5.91 Å². The van der Waals surface area contributed by atoms with Crippen LogP contribution in [0.2, 0.25) is 0 Å². The molecule has 0 bridgehead atoms. The Hall–Kier alpha value is -2.36. The second-order valence-electron chi connectivity index (χ2n) is 7.24. The number of ether oxygens (including phenoxy) is 2. The first-order valence-electron chi connectivity index (χ1n) is 9.03. The molecule has 0 aromatic carbocycles. The van der Waals surface area contributed by atoms with Crippen LogP contribution in [0.25, 0.3) is 0 Å². The van der Waals surface area contributed by atoms with Gasteiger partial charge in [-0.05, 0) is 46.6 Å². The van der Waals surface area contributed by atoms with Crippen LogP contribution in [0.5, 0.6) is 0 Å². The maximum absolute atomic E-state index is 12.4. The third-order valence-electron chi connectivity index (χ3n) is 4.42. The van der Waals surface area contributed by atoms with Crippen molar-refractivity contribution >= 4 is 27.7 Å². The van der Waals surface area contributed by atoms with Crippen molar-refractivity contribution in [1.29, 1.82) is 0 Å². The van der Waals surface area contributed by atoms with Crippen molar-refractivity contribution in [3.63, 3.8) is 0 Å². The van der Waals surface area contributed by atoms with Gasteiger partial charge in [0, 0.05) is 11.7 Å². The predicted octanol–water partition coefficient (Wildman–Crippen LogP) is 1.05. The fourth-order valence-corrected chi connectivity index (χ4v) is 4.71. The minimum absolute atomic E-state index is 0.0301. The van der Waals surface area contributed by atoms with Gasteiger partial charge < -0.3 is 19.8 Å². The molecule has 0 radical (unpaired) electrons. The van der Waals surface area contributed by atoms with Gasteiger partial charge in [0.1, 0.15) is 5.69 Å². The summed E-state index contributed by atoms with van der Waals surface area (Å²) in [4.78, 5) is 39.7. The number of aromatic nitrogens is 1. The number of H-pyrrole nitrogens is 1. The molecule has 2 heterocycles. The Bertz CT molecular complexity index is 886. The van der Waals surface area contributed by atoms with Crippen LogP contribution < -0.4 is 5.32 Å². The highest BCUT2D eigenvalue weighted by Gasteiger charge is 2.31. The summed E-state index contributed by atoms with van der Waals surface area (Å²) in [5.41, 5.74) is 1.16. The molecule has 0 aliphatic carbocycles. The molecule has 2 rings (SSSR count). The molecule has 0 spiro atoms. The molecule has 1 aromatic heterocycles. The minimum atomic E-state index is -3.13. The van der Waals surface area contributed by atoms with Gasteiger partial charge in [-0.1, -0.05) is 0 Å². The SMILES string of the molecule is Cc1[nH]c(C(=O)O[C@H](C)C(=O)N[C@@H]2CCS(=O)(=O)C2)c(C)c1C(=O)OC(C)C. The van der Waals surface area contributed by atoms with Crippen LogP contribution in [-0.4, -0.2) is 61.0 Å².